The molecule has 2 heterocycles. The number of H-pyrrole nitrogens is 1. The topological polar surface area (TPSA) is 40.3 Å². The molecule has 1 aromatic heterocycles. The van der Waals surface area contributed by atoms with Gasteiger partial charge < -0.3 is 15.0 Å². The fourth-order valence-electron chi connectivity index (χ4n) is 5.15. The first kappa shape index (κ1) is 24.1. The molecule has 1 unspecified atom stereocenters. The highest BCUT2D eigenvalue weighted by Crippen LogP contribution is 2.48. The summed E-state index contributed by atoms with van der Waals surface area (Å²) >= 11 is 0. The van der Waals surface area contributed by atoms with Crippen LogP contribution in [0.3, 0.4) is 0 Å². The van der Waals surface area contributed by atoms with Crippen LogP contribution in [0.5, 0.6) is 5.75 Å². The number of aromatic nitrogens is 1. The first-order valence-corrected chi connectivity index (χ1v) is 12.3. The van der Waals surface area contributed by atoms with Crippen molar-refractivity contribution >= 4 is 10.9 Å². The lowest BCUT2D eigenvalue weighted by molar-refractivity contribution is 0.0931. The van der Waals surface area contributed by atoms with E-state index < -0.39 is 30.0 Å². The second-order valence-electron chi connectivity index (χ2n) is 9.76. The van der Waals surface area contributed by atoms with Gasteiger partial charge in [0.2, 0.25) is 0 Å². The molecule has 0 amide bonds. The van der Waals surface area contributed by atoms with Crippen LogP contribution >= 0.6 is 0 Å². The van der Waals surface area contributed by atoms with E-state index in [4.69, 9.17) is 4.74 Å². The maximum atomic E-state index is 15.9. The Morgan fingerprint density at radius 2 is 1.94 bits per heavy atom. The van der Waals surface area contributed by atoms with Gasteiger partial charge in [-0.1, -0.05) is 18.2 Å². The van der Waals surface area contributed by atoms with E-state index in [0.29, 0.717) is 44.5 Å². The molecule has 0 spiro atoms. The largest absolute Gasteiger partial charge is 0.489 e. The summed E-state index contributed by atoms with van der Waals surface area (Å²) < 4.78 is 64.1. The van der Waals surface area contributed by atoms with E-state index in [1.54, 1.807) is 0 Å². The molecule has 35 heavy (non-hydrogen) atoms. The lowest BCUT2D eigenvalue weighted by Crippen LogP contribution is -2.46. The Kier molecular flexibility index (Phi) is 6.77. The highest BCUT2D eigenvalue weighted by molar-refractivity contribution is 5.85. The zero-order valence-corrected chi connectivity index (χ0v) is 19.9. The Morgan fingerprint density at radius 1 is 1.14 bits per heavy atom. The minimum atomic E-state index is -1.32. The number of nitrogens with zero attached hydrogens (tertiary/aromatic N) is 1. The molecule has 5 rings (SSSR count). The Hall–Kier alpha value is -2.58. The summed E-state index contributed by atoms with van der Waals surface area (Å²) in [6.07, 6.45) is 1.99. The fourth-order valence-corrected chi connectivity index (χ4v) is 5.15. The number of nitrogens with one attached hydrogen (secondary N) is 2. The van der Waals surface area contributed by atoms with E-state index in [-0.39, 0.29) is 30.5 Å². The Bertz CT molecular complexity index is 1190. The standard InChI is InChI=1S/C27H31F4N3O/c1-17-15-19-18-5-2-3-6-21(18)33-25(19)26(34(17)16-27(31)9-10-27)23-20(29)7-8-22(24(23)30)35-14-13-32-12-4-11-28/h2-3,5-8,17,26,32-33H,4,9-16H2,1H3/t17-,26?/m1/s1. The third-order valence-corrected chi connectivity index (χ3v) is 7.16. The number of alkyl halides is 2. The van der Waals surface area contributed by atoms with Crippen LogP contribution < -0.4 is 10.1 Å². The predicted molar refractivity (Wildman–Crippen MR) is 128 cm³/mol. The van der Waals surface area contributed by atoms with Crippen molar-refractivity contribution in [2.24, 2.45) is 0 Å². The Balaban J connectivity index is 1.52. The van der Waals surface area contributed by atoms with Crippen LogP contribution in [0.15, 0.2) is 36.4 Å². The van der Waals surface area contributed by atoms with E-state index >= 15 is 13.2 Å². The molecule has 2 aliphatic rings. The van der Waals surface area contributed by atoms with Crippen molar-refractivity contribution in [1.82, 2.24) is 15.2 Å². The SMILES string of the molecule is C[C@@H]1Cc2c([nH]c3ccccc23)C(c2c(F)ccc(OCCNCCCF)c2F)N1CC1(F)CC1. The monoisotopic (exact) mass is 489 g/mol. The summed E-state index contributed by atoms with van der Waals surface area (Å²) in [4.78, 5) is 5.29. The first-order valence-electron chi connectivity index (χ1n) is 12.3. The van der Waals surface area contributed by atoms with Gasteiger partial charge in [-0.2, -0.15) is 0 Å². The van der Waals surface area contributed by atoms with Crippen LogP contribution in [-0.2, 0) is 6.42 Å². The van der Waals surface area contributed by atoms with Crippen molar-refractivity contribution in [3.05, 3.63) is 64.9 Å². The summed E-state index contributed by atoms with van der Waals surface area (Å²) in [5, 5.41) is 4.04. The summed E-state index contributed by atoms with van der Waals surface area (Å²) in [6, 6.07) is 9.40. The van der Waals surface area contributed by atoms with Gasteiger partial charge in [0.05, 0.1) is 18.3 Å². The summed E-state index contributed by atoms with van der Waals surface area (Å²) in [5.41, 5.74) is 1.17. The lowest BCUT2D eigenvalue weighted by atomic mass is 9.87. The van der Waals surface area contributed by atoms with Crippen molar-refractivity contribution in [1.29, 1.82) is 0 Å². The van der Waals surface area contributed by atoms with Crippen molar-refractivity contribution in [2.75, 3.05) is 32.9 Å². The molecule has 2 atom stereocenters. The zero-order valence-electron chi connectivity index (χ0n) is 19.9. The Morgan fingerprint density at radius 3 is 2.71 bits per heavy atom. The summed E-state index contributed by atoms with van der Waals surface area (Å²) in [5.74, 6) is -1.51. The lowest BCUT2D eigenvalue weighted by Gasteiger charge is -2.42. The number of benzene rings is 2. The van der Waals surface area contributed by atoms with E-state index in [2.05, 4.69) is 10.3 Å². The van der Waals surface area contributed by atoms with Crippen LogP contribution in [0, 0.1) is 11.6 Å². The third kappa shape index (κ3) is 4.78. The van der Waals surface area contributed by atoms with E-state index in [9.17, 15) is 4.39 Å². The van der Waals surface area contributed by atoms with E-state index in [1.807, 2.05) is 36.1 Å². The van der Waals surface area contributed by atoms with Crippen molar-refractivity contribution < 1.29 is 22.3 Å². The van der Waals surface area contributed by atoms with Crippen LogP contribution in [0.1, 0.15) is 49.0 Å². The van der Waals surface area contributed by atoms with Crippen molar-refractivity contribution in [3.63, 3.8) is 0 Å². The molecule has 1 aliphatic heterocycles. The normalized spacial score (nSPS) is 21.3. The van der Waals surface area contributed by atoms with Gasteiger partial charge in [-0.05, 0) is 62.9 Å². The number of hydrogen-bond donors (Lipinski definition) is 2. The number of hydrogen-bond acceptors (Lipinski definition) is 3. The van der Waals surface area contributed by atoms with Crippen molar-refractivity contribution in [3.8, 4) is 5.75 Å². The smallest absolute Gasteiger partial charge is 0.173 e. The molecule has 1 saturated carbocycles. The average molecular weight is 490 g/mol. The number of rotatable bonds is 10. The molecule has 0 bridgehead atoms. The van der Waals surface area contributed by atoms with Crippen LogP contribution in [-0.4, -0.2) is 54.5 Å². The second-order valence-corrected chi connectivity index (χ2v) is 9.76. The van der Waals surface area contributed by atoms with Crippen LogP contribution in [0.25, 0.3) is 10.9 Å². The number of para-hydroxylation sites is 1. The molecule has 4 nitrogen and oxygen atoms in total. The number of aromatic amines is 1. The summed E-state index contributed by atoms with van der Waals surface area (Å²) in [6.45, 7) is 2.77. The highest BCUT2D eigenvalue weighted by atomic mass is 19.1. The molecule has 3 aromatic rings. The zero-order chi connectivity index (χ0) is 24.6. The first-order chi connectivity index (χ1) is 16.9. The highest BCUT2D eigenvalue weighted by Gasteiger charge is 2.49. The van der Waals surface area contributed by atoms with Gasteiger partial charge in [-0.15, -0.1) is 0 Å². The molecule has 1 fully saturated rings. The van der Waals surface area contributed by atoms with Crippen LogP contribution in [0.2, 0.25) is 0 Å². The predicted octanol–water partition coefficient (Wildman–Crippen LogP) is 5.61. The molecular formula is C27H31F4N3O. The number of fused-ring (bicyclic) bond motifs is 3. The number of halogens is 4. The average Bonchev–Trinajstić information content (AvgIpc) is 3.46. The van der Waals surface area contributed by atoms with Gasteiger partial charge in [-0.25, -0.2) is 13.2 Å². The van der Waals surface area contributed by atoms with E-state index in [0.717, 1.165) is 16.5 Å². The van der Waals surface area contributed by atoms with Crippen LogP contribution in [0.4, 0.5) is 17.6 Å². The van der Waals surface area contributed by atoms with Gasteiger partial charge in [0.15, 0.2) is 11.6 Å². The molecular weight excluding hydrogens is 458 g/mol. The van der Waals surface area contributed by atoms with Crippen molar-refractivity contribution in [2.45, 2.75) is 50.4 Å². The van der Waals surface area contributed by atoms with Gasteiger partial charge in [0, 0.05) is 35.7 Å². The maximum Gasteiger partial charge on any atom is 0.173 e. The molecule has 188 valence electrons. The third-order valence-electron chi connectivity index (χ3n) is 7.16. The van der Waals surface area contributed by atoms with Gasteiger partial charge in [0.1, 0.15) is 18.1 Å². The quantitative estimate of drug-likeness (QED) is 0.287. The minimum absolute atomic E-state index is 0.0501. The minimum Gasteiger partial charge on any atom is -0.489 e. The molecule has 2 aromatic carbocycles. The molecule has 8 heteroatoms. The maximum absolute atomic E-state index is 15.9. The molecule has 0 saturated heterocycles. The fraction of sp³-hybridized carbons (Fsp3) is 0.481. The summed E-state index contributed by atoms with van der Waals surface area (Å²) in [7, 11) is 0. The van der Waals surface area contributed by atoms with E-state index in [1.165, 1.54) is 12.1 Å². The second kappa shape index (κ2) is 9.82. The van der Waals surface area contributed by atoms with Gasteiger partial charge in [0.25, 0.3) is 0 Å². The molecule has 1 aliphatic carbocycles. The Labute approximate surface area is 202 Å². The molecule has 2 N–H and O–H groups in total. The van der Waals surface area contributed by atoms with Gasteiger partial charge >= 0.3 is 0 Å². The number of ether oxygens (including phenoxy) is 1. The van der Waals surface area contributed by atoms with Gasteiger partial charge in [-0.3, -0.25) is 9.29 Å². The molecule has 0 radical (unpaired) electrons.